The highest BCUT2D eigenvalue weighted by atomic mass is 16.5. The first kappa shape index (κ1) is 14.4. The molecule has 1 heterocycles. The molecule has 0 aromatic carbocycles. The molecule has 6 heteroatoms. The molecule has 1 aromatic rings. The first-order valence-corrected chi connectivity index (χ1v) is 5.84. The summed E-state index contributed by atoms with van der Waals surface area (Å²) in [4.78, 5) is 15.5. The molecule has 0 aliphatic rings. The van der Waals surface area contributed by atoms with Crippen LogP contribution in [-0.4, -0.2) is 37.8 Å². The molecule has 6 nitrogen and oxygen atoms in total. The average molecular weight is 253 g/mol. The number of amides is 1. The van der Waals surface area contributed by atoms with Crippen LogP contribution < -0.4 is 15.8 Å². The quantitative estimate of drug-likeness (QED) is 0.669. The van der Waals surface area contributed by atoms with E-state index in [1.807, 2.05) is 0 Å². The molecular weight excluding hydrogens is 234 g/mol. The van der Waals surface area contributed by atoms with Crippen LogP contribution in [0, 0.1) is 0 Å². The lowest BCUT2D eigenvalue weighted by Crippen LogP contribution is -2.13. The van der Waals surface area contributed by atoms with E-state index < -0.39 is 0 Å². The van der Waals surface area contributed by atoms with Crippen LogP contribution in [0.4, 0.5) is 5.69 Å². The molecule has 0 radical (unpaired) electrons. The van der Waals surface area contributed by atoms with E-state index in [1.165, 1.54) is 0 Å². The minimum absolute atomic E-state index is 0.0599. The number of methoxy groups -OCH3 is 1. The number of rotatable bonds is 8. The molecule has 0 aliphatic heterocycles. The van der Waals surface area contributed by atoms with Crippen LogP contribution in [0.2, 0.25) is 0 Å². The van der Waals surface area contributed by atoms with Crippen LogP contribution >= 0.6 is 0 Å². The van der Waals surface area contributed by atoms with Crippen LogP contribution in [0.25, 0.3) is 0 Å². The minimum atomic E-state index is -0.0599. The predicted molar refractivity (Wildman–Crippen MR) is 68.5 cm³/mol. The Morgan fingerprint density at radius 3 is 2.89 bits per heavy atom. The summed E-state index contributed by atoms with van der Waals surface area (Å²) in [5.74, 6) is 0.447. The van der Waals surface area contributed by atoms with E-state index >= 15 is 0 Å². The Bertz CT molecular complexity index is 354. The van der Waals surface area contributed by atoms with Gasteiger partial charge in [0.15, 0.2) is 0 Å². The summed E-state index contributed by atoms with van der Waals surface area (Å²) >= 11 is 0. The van der Waals surface area contributed by atoms with E-state index in [2.05, 4.69) is 10.3 Å². The van der Waals surface area contributed by atoms with Crippen molar-refractivity contribution in [3.63, 3.8) is 0 Å². The molecule has 0 saturated heterocycles. The van der Waals surface area contributed by atoms with Crippen molar-refractivity contribution in [2.45, 2.75) is 12.8 Å². The second-order valence-corrected chi connectivity index (χ2v) is 3.67. The molecule has 0 saturated carbocycles. The topological polar surface area (TPSA) is 86.5 Å². The number of hydrogen-bond acceptors (Lipinski definition) is 5. The van der Waals surface area contributed by atoms with Crippen molar-refractivity contribution in [3.05, 3.63) is 18.3 Å². The van der Waals surface area contributed by atoms with Crippen LogP contribution in [-0.2, 0) is 9.53 Å². The summed E-state index contributed by atoms with van der Waals surface area (Å²) in [6, 6.07) is 3.45. The van der Waals surface area contributed by atoms with Gasteiger partial charge in [-0.1, -0.05) is 0 Å². The summed E-state index contributed by atoms with van der Waals surface area (Å²) in [6.07, 6.45) is 2.66. The van der Waals surface area contributed by atoms with Crippen LogP contribution in [0.5, 0.6) is 5.88 Å². The average Bonchev–Trinajstić information content (AvgIpc) is 2.39. The number of ether oxygens (including phenoxy) is 2. The molecule has 0 atom stereocenters. The lowest BCUT2D eigenvalue weighted by atomic mass is 10.3. The standard InChI is InChI=1S/C12H19N3O3/c1-17-7-8-18-12-5-4-10(9-14-12)15-11(16)3-2-6-13/h4-5,9H,2-3,6-8,13H2,1H3,(H,15,16). The number of carbonyl (C=O) groups is 1. The van der Waals surface area contributed by atoms with Crippen molar-refractivity contribution >= 4 is 11.6 Å². The molecule has 0 bridgehead atoms. The van der Waals surface area contributed by atoms with E-state index in [4.69, 9.17) is 15.2 Å². The van der Waals surface area contributed by atoms with E-state index in [9.17, 15) is 4.79 Å². The van der Waals surface area contributed by atoms with Crippen LogP contribution in [0.1, 0.15) is 12.8 Å². The van der Waals surface area contributed by atoms with Gasteiger partial charge in [0.2, 0.25) is 11.8 Å². The maximum atomic E-state index is 11.4. The Morgan fingerprint density at radius 1 is 1.44 bits per heavy atom. The maximum Gasteiger partial charge on any atom is 0.224 e. The highest BCUT2D eigenvalue weighted by molar-refractivity contribution is 5.90. The van der Waals surface area contributed by atoms with Gasteiger partial charge >= 0.3 is 0 Å². The largest absolute Gasteiger partial charge is 0.475 e. The number of pyridine rings is 1. The van der Waals surface area contributed by atoms with Crippen molar-refractivity contribution in [1.29, 1.82) is 0 Å². The van der Waals surface area contributed by atoms with E-state index in [0.717, 1.165) is 0 Å². The van der Waals surface area contributed by atoms with Gasteiger partial charge in [0.05, 0.1) is 18.5 Å². The second kappa shape index (κ2) is 8.43. The number of hydrogen-bond donors (Lipinski definition) is 2. The van der Waals surface area contributed by atoms with Crippen molar-refractivity contribution in [1.82, 2.24) is 4.98 Å². The smallest absolute Gasteiger partial charge is 0.224 e. The number of aromatic nitrogens is 1. The predicted octanol–water partition coefficient (Wildman–Crippen LogP) is 0.784. The summed E-state index contributed by atoms with van der Waals surface area (Å²) in [7, 11) is 1.61. The Morgan fingerprint density at radius 2 is 2.28 bits per heavy atom. The Labute approximate surface area is 106 Å². The molecule has 3 N–H and O–H groups in total. The fraction of sp³-hybridized carbons (Fsp3) is 0.500. The van der Waals surface area contributed by atoms with E-state index in [1.54, 1.807) is 25.4 Å². The summed E-state index contributed by atoms with van der Waals surface area (Å²) < 4.78 is 10.2. The SMILES string of the molecule is COCCOc1ccc(NC(=O)CCCN)cn1. The number of nitrogens with two attached hydrogens (primary N) is 1. The van der Waals surface area contributed by atoms with E-state index in [0.29, 0.717) is 44.2 Å². The molecule has 1 aromatic heterocycles. The van der Waals surface area contributed by atoms with Gasteiger partial charge in [0, 0.05) is 19.6 Å². The maximum absolute atomic E-state index is 11.4. The molecule has 100 valence electrons. The fourth-order valence-corrected chi connectivity index (χ4v) is 1.26. The molecule has 1 amide bonds. The number of nitrogens with one attached hydrogen (secondary N) is 1. The van der Waals surface area contributed by atoms with Gasteiger partial charge in [0.25, 0.3) is 0 Å². The molecular formula is C12H19N3O3. The van der Waals surface area contributed by atoms with Crippen molar-refractivity contribution in [2.24, 2.45) is 5.73 Å². The number of anilines is 1. The van der Waals surface area contributed by atoms with Gasteiger partial charge in [-0.3, -0.25) is 4.79 Å². The third-order valence-corrected chi connectivity index (χ3v) is 2.17. The Balaban J connectivity index is 2.37. The lowest BCUT2D eigenvalue weighted by molar-refractivity contribution is -0.116. The third-order valence-electron chi connectivity index (χ3n) is 2.17. The number of nitrogens with zero attached hydrogens (tertiary/aromatic N) is 1. The normalized spacial score (nSPS) is 10.1. The zero-order valence-corrected chi connectivity index (χ0v) is 10.5. The van der Waals surface area contributed by atoms with E-state index in [-0.39, 0.29) is 5.91 Å². The number of carbonyl (C=O) groups excluding carboxylic acids is 1. The molecule has 0 fully saturated rings. The molecule has 0 spiro atoms. The third kappa shape index (κ3) is 5.60. The van der Waals surface area contributed by atoms with Gasteiger partial charge in [0.1, 0.15) is 6.61 Å². The molecule has 0 unspecified atom stereocenters. The molecule has 18 heavy (non-hydrogen) atoms. The fourth-order valence-electron chi connectivity index (χ4n) is 1.26. The van der Waals surface area contributed by atoms with Crippen molar-refractivity contribution in [3.8, 4) is 5.88 Å². The monoisotopic (exact) mass is 253 g/mol. The zero-order valence-electron chi connectivity index (χ0n) is 10.5. The Hall–Kier alpha value is -1.66. The lowest BCUT2D eigenvalue weighted by Gasteiger charge is -2.06. The minimum Gasteiger partial charge on any atom is -0.475 e. The highest BCUT2D eigenvalue weighted by Crippen LogP contribution is 2.11. The van der Waals surface area contributed by atoms with Gasteiger partial charge in [-0.2, -0.15) is 0 Å². The highest BCUT2D eigenvalue weighted by Gasteiger charge is 2.02. The summed E-state index contributed by atoms with van der Waals surface area (Å²) in [6.45, 7) is 1.48. The van der Waals surface area contributed by atoms with Gasteiger partial charge in [-0.05, 0) is 19.0 Å². The Kier molecular flexibility index (Phi) is 6.75. The van der Waals surface area contributed by atoms with Gasteiger partial charge in [-0.15, -0.1) is 0 Å². The second-order valence-electron chi connectivity index (χ2n) is 3.67. The van der Waals surface area contributed by atoms with Gasteiger partial charge < -0.3 is 20.5 Å². The summed E-state index contributed by atoms with van der Waals surface area (Å²) in [5.41, 5.74) is 5.98. The van der Waals surface area contributed by atoms with Crippen molar-refractivity contribution < 1.29 is 14.3 Å². The van der Waals surface area contributed by atoms with Gasteiger partial charge in [-0.25, -0.2) is 4.98 Å². The summed E-state index contributed by atoms with van der Waals surface area (Å²) in [5, 5.41) is 2.73. The van der Waals surface area contributed by atoms with Crippen LogP contribution in [0.15, 0.2) is 18.3 Å². The zero-order chi connectivity index (χ0) is 13.2. The van der Waals surface area contributed by atoms with Crippen LogP contribution in [0.3, 0.4) is 0 Å². The first-order valence-electron chi connectivity index (χ1n) is 5.84. The molecule has 0 aliphatic carbocycles. The van der Waals surface area contributed by atoms with Crippen molar-refractivity contribution in [2.75, 3.05) is 32.2 Å². The first-order chi connectivity index (χ1) is 8.76. The molecule has 1 rings (SSSR count).